The smallest absolute Gasteiger partial charge is 0.241 e. The number of anilines is 1. The molecule has 1 unspecified atom stereocenters. The molecular formula is C13H18ClIN2O2. The molecule has 1 aliphatic heterocycles. The van der Waals surface area contributed by atoms with Crippen molar-refractivity contribution >= 4 is 46.6 Å². The summed E-state index contributed by atoms with van der Waals surface area (Å²) in [5, 5.41) is 2.86. The summed E-state index contributed by atoms with van der Waals surface area (Å²) < 4.78 is 6.41. The molecule has 3 N–H and O–H groups in total. The molecule has 0 bridgehead atoms. The van der Waals surface area contributed by atoms with E-state index >= 15 is 0 Å². The van der Waals surface area contributed by atoms with Crippen molar-refractivity contribution in [2.45, 2.75) is 18.9 Å². The Morgan fingerprint density at radius 3 is 2.47 bits per heavy atom. The van der Waals surface area contributed by atoms with Gasteiger partial charge in [-0.2, -0.15) is 0 Å². The van der Waals surface area contributed by atoms with Crippen LogP contribution in [0.3, 0.4) is 0 Å². The van der Waals surface area contributed by atoms with E-state index < -0.39 is 6.04 Å². The normalized spacial score (nSPS) is 17.4. The van der Waals surface area contributed by atoms with E-state index in [9.17, 15) is 4.79 Å². The van der Waals surface area contributed by atoms with Crippen LogP contribution in [-0.2, 0) is 9.53 Å². The second kappa shape index (κ2) is 8.04. The number of amides is 1. The molecule has 4 nitrogen and oxygen atoms in total. The van der Waals surface area contributed by atoms with E-state index in [2.05, 4.69) is 27.9 Å². The Morgan fingerprint density at radius 1 is 1.32 bits per heavy atom. The van der Waals surface area contributed by atoms with Gasteiger partial charge in [-0.1, -0.05) is 0 Å². The minimum absolute atomic E-state index is 0. The van der Waals surface area contributed by atoms with Gasteiger partial charge >= 0.3 is 0 Å². The number of nitrogens with one attached hydrogen (secondary N) is 1. The predicted octanol–water partition coefficient (Wildman–Crippen LogP) is 2.41. The molecule has 1 heterocycles. The van der Waals surface area contributed by atoms with E-state index in [4.69, 9.17) is 10.5 Å². The first kappa shape index (κ1) is 16.7. The van der Waals surface area contributed by atoms with Gasteiger partial charge < -0.3 is 15.8 Å². The molecule has 6 heteroatoms. The molecule has 1 atom stereocenters. The van der Waals surface area contributed by atoms with E-state index in [1.165, 1.54) is 0 Å². The average Bonchev–Trinajstić information content (AvgIpc) is 2.41. The fourth-order valence-electron chi connectivity index (χ4n) is 2.05. The Bertz CT molecular complexity index is 408. The van der Waals surface area contributed by atoms with Crippen LogP contribution in [0.1, 0.15) is 12.8 Å². The molecule has 2 rings (SSSR count). The second-order valence-electron chi connectivity index (χ2n) is 4.47. The van der Waals surface area contributed by atoms with Gasteiger partial charge in [0.25, 0.3) is 0 Å². The minimum atomic E-state index is -0.451. The Morgan fingerprint density at radius 2 is 1.89 bits per heavy atom. The summed E-state index contributed by atoms with van der Waals surface area (Å²) in [6, 6.07) is 7.23. The van der Waals surface area contributed by atoms with Crippen LogP contribution in [0.25, 0.3) is 0 Å². The van der Waals surface area contributed by atoms with Crippen molar-refractivity contribution in [2.75, 3.05) is 18.5 Å². The van der Waals surface area contributed by atoms with Crippen LogP contribution in [0.5, 0.6) is 0 Å². The Labute approximate surface area is 133 Å². The maximum absolute atomic E-state index is 12.0. The monoisotopic (exact) mass is 396 g/mol. The van der Waals surface area contributed by atoms with Gasteiger partial charge in [0, 0.05) is 22.5 Å². The van der Waals surface area contributed by atoms with Gasteiger partial charge in [-0.3, -0.25) is 4.79 Å². The van der Waals surface area contributed by atoms with Crippen molar-refractivity contribution in [3.8, 4) is 0 Å². The van der Waals surface area contributed by atoms with Crippen molar-refractivity contribution in [3.63, 3.8) is 0 Å². The number of hydrogen-bond acceptors (Lipinski definition) is 3. The van der Waals surface area contributed by atoms with Crippen LogP contribution < -0.4 is 11.1 Å². The van der Waals surface area contributed by atoms with Gasteiger partial charge in [-0.05, 0) is 65.6 Å². The number of carbonyl (C=O) groups excluding carboxylic acids is 1. The third-order valence-corrected chi connectivity index (χ3v) is 3.91. The van der Waals surface area contributed by atoms with Crippen LogP contribution in [0.15, 0.2) is 24.3 Å². The lowest BCUT2D eigenvalue weighted by Crippen LogP contribution is -2.43. The maximum Gasteiger partial charge on any atom is 0.241 e. The molecule has 1 aliphatic rings. The number of halogens is 2. The largest absolute Gasteiger partial charge is 0.381 e. The fraction of sp³-hybridized carbons (Fsp3) is 0.462. The van der Waals surface area contributed by atoms with E-state index in [1.807, 2.05) is 24.3 Å². The fourth-order valence-corrected chi connectivity index (χ4v) is 2.41. The third kappa shape index (κ3) is 4.91. The van der Waals surface area contributed by atoms with Crippen molar-refractivity contribution in [1.29, 1.82) is 0 Å². The van der Waals surface area contributed by atoms with Crippen molar-refractivity contribution in [3.05, 3.63) is 27.8 Å². The first-order chi connectivity index (χ1) is 8.66. The molecule has 1 saturated heterocycles. The number of benzene rings is 1. The van der Waals surface area contributed by atoms with Gasteiger partial charge in [0.15, 0.2) is 0 Å². The number of hydrogen-bond donors (Lipinski definition) is 2. The predicted molar refractivity (Wildman–Crippen MR) is 86.6 cm³/mol. The Hall–Kier alpha value is -0.370. The molecular weight excluding hydrogens is 379 g/mol. The lowest BCUT2D eigenvalue weighted by molar-refractivity contribution is -0.119. The highest BCUT2D eigenvalue weighted by atomic mass is 127. The maximum atomic E-state index is 12.0. The van der Waals surface area contributed by atoms with Crippen LogP contribution >= 0.6 is 35.0 Å². The number of carbonyl (C=O) groups is 1. The summed E-state index contributed by atoms with van der Waals surface area (Å²) in [5.74, 6) is 0.116. The highest BCUT2D eigenvalue weighted by Gasteiger charge is 2.26. The highest BCUT2D eigenvalue weighted by Crippen LogP contribution is 2.19. The molecule has 0 saturated carbocycles. The van der Waals surface area contributed by atoms with E-state index in [0.29, 0.717) is 13.2 Å². The zero-order valence-corrected chi connectivity index (χ0v) is 13.4. The SMILES string of the molecule is Cl.NC(C(=O)Nc1ccc(I)cc1)C1CCOCC1. The van der Waals surface area contributed by atoms with Gasteiger partial charge in [0.2, 0.25) is 5.91 Å². The van der Waals surface area contributed by atoms with Crippen LogP contribution in [0.2, 0.25) is 0 Å². The molecule has 19 heavy (non-hydrogen) atoms. The minimum Gasteiger partial charge on any atom is -0.381 e. The summed E-state index contributed by atoms with van der Waals surface area (Å²) in [6.45, 7) is 1.41. The lowest BCUT2D eigenvalue weighted by atomic mass is 9.92. The summed E-state index contributed by atoms with van der Waals surface area (Å²) >= 11 is 2.23. The van der Waals surface area contributed by atoms with Gasteiger partial charge in [-0.25, -0.2) is 0 Å². The van der Waals surface area contributed by atoms with Crippen LogP contribution in [0, 0.1) is 9.49 Å². The molecule has 106 valence electrons. The summed E-state index contributed by atoms with van der Waals surface area (Å²) in [4.78, 5) is 12.0. The van der Waals surface area contributed by atoms with Gasteiger partial charge in [0.1, 0.15) is 0 Å². The summed E-state index contributed by atoms with van der Waals surface area (Å²) in [6.07, 6.45) is 1.72. The standard InChI is InChI=1S/C13H17IN2O2.ClH/c14-10-1-3-11(4-2-10)16-13(17)12(15)9-5-7-18-8-6-9;/h1-4,9,12H,5-8,15H2,(H,16,17);1H. The van der Waals surface area contributed by atoms with Crippen molar-refractivity contribution in [2.24, 2.45) is 11.7 Å². The van der Waals surface area contributed by atoms with Crippen LogP contribution in [-0.4, -0.2) is 25.2 Å². The summed E-state index contributed by atoms with van der Waals surface area (Å²) in [5.41, 5.74) is 6.79. The van der Waals surface area contributed by atoms with E-state index in [1.54, 1.807) is 0 Å². The number of rotatable bonds is 3. The van der Waals surface area contributed by atoms with Gasteiger partial charge in [0.05, 0.1) is 6.04 Å². The van der Waals surface area contributed by atoms with Crippen LogP contribution in [0.4, 0.5) is 5.69 Å². The topological polar surface area (TPSA) is 64.4 Å². The molecule has 1 aromatic carbocycles. The number of nitrogens with two attached hydrogens (primary N) is 1. The highest BCUT2D eigenvalue weighted by molar-refractivity contribution is 14.1. The lowest BCUT2D eigenvalue weighted by Gasteiger charge is -2.26. The molecule has 0 aromatic heterocycles. The Balaban J connectivity index is 0.00000180. The molecule has 0 spiro atoms. The quantitative estimate of drug-likeness (QED) is 0.771. The molecule has 1 fully saturated rings. The average molecular weight is 397 g/mol. The van der Waals surface area contributed by atoms with Gasteiger partial charge in [-0.15, -0.1) is 12.4 Å². The van der Waals surface area contributed by atoms with Crippen molar-refractivity contribution < 1.29 is 9.53 Å². The third-order valence-electron chi connectivity index (χ3n) is 3.19. The second-order valence-corrected chi connectivity index (χ2v) is 5.72. The molecule has 1 aromatic rings. The zero-order chi connectivity index (χ0) is 13.0. The first-order valence-corrected chi connectivity index (χ1v) is 7.14. The first-order valence-electron chi connectivity index (χ1n) is 6.06. The van der Waals surface area contributed by atoms with E-state index in [0.717, 1.165) is 22.1 Å². The van der Waals surface area contributed by atoms with E-state index in [-0.39, 0.29) is 24.2 Å². The zero-order valence-electron chi connectivity index (χ0n) is 10.5. The van der Waals surface area contributed by atoms with Crippen molar-refractivity contribution in [1.82, 2.24) is 0 Å². The Kier molecular flexibility index (Phi) is 7.06. The molecule has 0 radical (unpaired) electrons. The number of ether oxygens (including phenoxy) is 1. The molecule has 1 amide bonds. The molecule has 0 aliphatic carbocycles. The summed E-state index contributed by atoms with van der Waals surface area (Å²) in [7, 11) is 0.